The Kier molecular flexibility index (Phi) is 3.43. The molecule has 4 aromatic rings. The van der Waals surface area contributed by atoms with E-state index < -0.39 is 0 Å². The van der Waals surface area contributed by atoms with E-state index in [1.165, 1.54) is 12.5 Å². The molecule has 1 aromatic carbocycles. The number of aromatic nitrogens is 5. The summed E-state index contributed by atoms with van der Waals surface area (Å²) >= 11 is 0. The van der Waals surface area contributed by atoms with Crippen LogP contribution in [0.3, 0.4) is 0 Å². The fraction of sp³-hybridized carbons (Fsp3) is 0. The summed E-state index contributed by atoms with van der Waals surface area (Å²) in [5, 5.41) is 10.6. The summed E-state index contributed by atoms with van der Waals surface area (Å²) in [6.45, 7) is 0. The maximum atomic E-state index is 12.7. The lowest BCUT2D eigenvalue weighted by atomic mass is 10.1. The van der Waals surface area contributed by atoms with Gasteiger partial charge in [-0.25, -0.2) is 9.97 Å². The van der Waals surface area contributed by atoms with Crippen molar-refractivity contribution in [3.05, 3.63) is 73.1 Å². The van der Waals surface area contributed by atoms with Crippen LogP contribution >= 0.6 is 0 Å². The van der Waals surface area contributed by atoms with Crippen LogP contribution in [0.5, 0.6) is 0 Å². The highest BCUT2D eigenvalue weighted by Crippen LogP contribution is 2.21. The molecule has 7 nitrogen and oxygen atoms in total. The first kappa shape index (κ1) is 14.0. The van der Waals surface area contributed by atoms with Gasteiger partial charge in [-0.1, -0.05) is 30.3 Å². The van der Waals surface area contributed by atoms with E-state index in [-0.39, 0.29) is 5.91 Å². The number of carbonyl (C=O) groups excluding carboxylic acids is 1. The molecule has 0 aliphatic carbocycles. The largest absolute Gasteiger partial charge is 0.321 e. The number of carbonyl (C=O) groups is 1. The van der Waals surface area contributed by atoms with E-state index in [0.29, 0.717) is 22.6 Å². The van der Waals surface area contributed by atoms with Gasteiger partial charge in [0.1, 0.15) is 12.7 Å². The molecule has 0 aliphatic heterocycles. The summed E-state index contributed by atoms with van der Waals surface area (Å²) in [5.74, 6) is -0.276. The number of pyridine rings is 1. The summed E-state index contributed by atoms with van der Waals surface area (Å²) in [4.78, 5) is 20.9. The molecular weight excluding hydrogens is 304 g/mol. The molecule has 1 amide bonds. The summed E-state index contributed by atoms with van der Waals surface area (Å²) in [6, 6.07) is 13.1. The van der Waals surface area contributed by atoms with Crippen LogP contribution in [0, 0.1) is 0 Å². The van der Waals surface area contributed by atoms with Crippen LogP contribution in [-0.4, -0.2) is 30.5 Å². The maximum Gasteiger partial charge on any atom is 0.259 e. The number of hydrogen-bond donors (Lipinski definition) is 1. The molecule has 0 bridgehead atoms. The predicted molar refractivity (Wildman–Crippen MR) is 88.4 cm³/mol. The predicted octanol–water partition coefficient (Wildman–Crippen LogP) is 2.44. The van der Waals surface area contributed by atoms with Crippen molar-refractivity contribution in [3.8, 4) is 11.3 Å². The van der Waals surface area contributed by atoms with E-state index in [9.17, 15) is 4.79 Å². The Bertz CT molecular complexity index is 1010. The minimum Gasteiger partial charge on any atom is -0.321 e. The van der Waals surface area contributed by atoms with Gasteiger partial charge in [-0.15, -0.1) is 10.2 Å². The molecule has 7 heteroatoms. The highest BCUT2D eigenvalue weighted by Gasteiger charge is 2.14. The Labute approximate surface area is 137 Å². The molecular formula is C17H12N6O. The molecule has 24 heavy (non-hydrogen) atoms. The van der Waals surface area contributed by atoms with Crippen LogP contribution in [0.4, 0.5) is 5.69 Å². The van der Waals surface area contributed by atoms with Crippen LogP contribution in [0.25, 0.3) is 16.9 Å². The van der Waals surface area contributed by atoms with Gasteiger partial charge in [0.2, 0.25) is 0 Å². The molecule has 3 aromatic heterocycles. The second-order valence-corrected chi connectivity index (χ2v) is 5.12. The van der Waals surface area contributed by atoms with E-state index in [1.54, 1.807) is 29.1 Å². The first-order valence-electron chi connectivity index (χ1n) is 7.27. The number of fused-ring (bicyclic) bond motifs is 1. The molecule has 0 saturated heterocycles. The quantitative estimate of drug-likeness (QED) is 0.627. The number of benzene rings is 1. The van der Waals surface area contributed by atoms with E-state index in [4.69, 9.17) is 0 Å². The van der Waals surface area contributed by atoms with Gasteiger partial charge in [0.15, 0.2) is 5.65 Å². The van der Waals surface area contributed by atoms with E-state index in [1.807, 2.05) is 30.3 Å². The molecule has 0 saturated carbocycles. The van der Waals surface area contributed by atoms with Crippen LogP contribution < -0.4 is 5.32 Å². The van der Waals surface area contributed by atoms with E-state index in [2.05, 4.69) is 25.5 Å². The first-order valence-corrected chi connectivity index (χ1v) is 7.27. The number of rotatable bonds is 3. The summed E-state index contributed by atoms with van der Waals surface area (Å²) < 4.78 is 1.73. The zero-order valence-corrected chi connectivity index (χ0v) is 12.5. The number of nitrogens with one attached hydrogen (secondary N) is 1. The molecule has 0 spiro atoms. The topological polar surface area (TPSA) is 85.1 Å². The average molecular weight is 316 g/mol. The lowest BCUT2D eigenvalue weighted by Crippen LogP contribution is -2.14. The second kappa shape index (κ2) is 5.88. The number of hydrogen-bond acceptors (Lipinski definition) is 5. The highest BCUT2D eigenvalue weighted by atomic mass is 16.1. The summed E-state index contributed by atoms with van der Waals surface area (Å²) in [5.41, 5.74) is 3.21. The molecule has 0 radical (unpaired) electrons. The summed E-state index contributed by atoms with van der Waals surface area (Å²) in [6.07, 6.45) is 6.27. The minimum absolute atomic E-state index is 0.276. The van der Waals surface area contributed by atoms with Crippen LogP contribution in [-0.2, 0) is 0 Å². The summed E-state index contributed by atoms with van der Waals surface area (Å²) in [7, 11) is 0. The lowest BCUT2D eigenvalue weighted by Gasteiger charge is -2.09. The molecule has 0 atom stereocenters. The molecule has 0 fully saturated rings. The molecule has 3 heterocycles. The van der Waals surface area contributed by atoms with Crippen molar-refractivity contribution in [1.82, 2.24) is 24.6 Å². The second-order valence-electron chi connectivity index (χ2n) is 5.12. The Morgan fingerprint density at radius 2 is 1.96 bits per heavy atom. The Morgan fingerprint density at radius 1 is 1.08 bits per heavy atom. The third kappa shape index (κ3) is 2.58. The van der Waals surface area contributed by atoms with Gasteiger partial charge in [-0.2, -0.15) is 0 Å². The van der Waals surface area contributed by atoms with Gasteiger partial charge in [-0.3, -0.25) is 9.20 Å². The van der Waals surface area contributed by atoms with Gasteiger partial charge < -0.3 is 5.32 Å². The van der Waals surface area contributed by atoms with Crippen molar-refractivity contribution in [3.63, 3.8) is 0 Å². The Morgan fingerprint density at radius 3 is 2.83 bits per heavy atom. The van der Waals surface area contributed by atoms with Crippen LogP contribution in [0.1, 0.15) is 10.4 Å². The lowest BCUT2D eigenvalue weighted by molar-refractivity contribution is 0.102. The van der Waals surface area contributed by atoms with Crippen molar-refractivity contribution in [2.75, 3.05) is 5.32 Å². The maximum absolute atomic E-state index is 12.7. The SMILES string of the molecule is O=C(Nc1ccc2nncn2c1)c1cncnc1-c1ccccc1. The third-order valence-electron chi connectivity index (χ3n) is 3.55. The first-order chi connectivity index (χ1) is 11.8. The fourth-order valence-corrected chi connectivity index (χ4v) is 2.42. The van der Waals surface area contributed by atoms with Crippen molar-refractivity contribution >= 4 is 17.2 Å². The van der Waals surface area contributed by atoms with Gasteiger partial charge >= 0.3 is 0 Å². The number of nitrogens with zero attached hydrogens (tertiary/aromatic N) is 5. The highest BCUT2D eigenvalue weighted by molar-refractivity contribution is 6.07. The van der Waals surface area contributed by atoms with E-state index >= 15 is 0 Å². The van der Waals surface area contributed by atoms with Crippen LogP contribution in [0.2, 0.25) is 0 Å². The third-order valence-corrected chi connectivity index (χ3v) is 3.55. The monoisotopic (exact) mass is 316 g/mol. The smallest absolute Gasteiger partial charge is 0.259 e. The molecule has 116 valence electrons. The van der Waals surface area contributed by atoms with Crippen LogP contribution in [0.15, 0.2) is 67.5 Å². The standard InChI is InChI=1S/C17H12N6O/c24-17(21-13-6-7-15-22-20-11-23(15)9-13)14-8-18-10-19-16(14)12-4-2-1-3-5-12/h1-11H,(H,21,24). The van der Waals surface area contributed by atoms with Gasteiger partial charge in [-0.05, 0) is 12.1 Å². The number of anilines is 1. The van der Waals surface area contributed by atoms with E-state index in [0.717, 1.165) is 5.56 Å². The van der Waals surface area contributed by atoms with Crippen molar-refractivity contribution in [1.29, 1.82) is 0 Å². The fourth-order valence-electron chi connectivity index (χ4n) is 2.42. The normalized spacial score (nSPS) is 10.7. The zero-order chi connectivity index (χ0) is 16.4. The van der Waals surface area contributed by atoms with Gasteiger partial charge in [0.25, 0.3) is 5.91 Å². The van der Waals surface area contributed by atoms with Gasteiger partial charge in [0, 0.05) is 18.0 Å². The Hall–Kier alpha value is -3.61. The van der Waals surface area contributed by atoms with Crippen molar-refractivity contribution in [2.45, 2.75) is 0 Å². The Balaban J connectivity index is 1.67. The molecule has 4 rings (SSSR count). The molecule has 1 N–H and O–H groups in total. The number of amides is 1. The van der Waals surface area contributed by atoms with Crippen molar-refractivity contribution < 1.29 is 4.79 Å². The van der Waals surface area contributed by atoms with Gasteiger partial charge in [0.05, 0.1) is 16.9 Å². The minimum atomic E-state index is -0.276. The van der Waals surface area contributed by atoms with Crippen molar-refractivity contribution in [2.24, 2.45) is 0 Å². The average Bonchev–Trinajstić information content (AvgIpc) is 3.10. The molecule has 0 unspecified atom stereocenters. The molecule has 0 aliphatic rings. The zero-order valence-electron chi connectivity index (χ0n) is 12.5.